The number of quaternary nitrogens is 1. The number of carbonyl (C=O) groups excluding carboxylic acids is 2. The first-order valence-corrected chi connectivity index (χ1v) is 10.7. The van der Waals surface area contributed by atoms with Crippen LogP contribution >= 0.6 is 0 Å². The predicted octanol–water partition coefficient (Wildman–Crippen LogP) is 1.69. The van der Waals surface area contributed by atoms with E-state index >= 15 is 0 Å². The number of hydrogen-bond donors (Lipinski definition) is 2. The van der Waals surface area contributed by atoms with Gasteiger partial charge in [0.2, 0.25) is 0 Å². The number of aliphatic hydroxyl groups is 1. The fourth-order valence-corrected chi connectivity index (χ4v) is 4.28. The van der Waals surface area contributed by atoms with E-state index in [9.17, 15) is 23.5 Å². The monoisotopic (exact) mass is 443 g/mol. The maximum atomic E-state index is 13.5. The van der Waals surface area contributed by atoms with Crippen molar-refractivity contribution in [3.05, 3.63) is 76.9 Å². The van der Waals surface area contributed by atoms with Gasteiger partial charge in [0.1, 0.15) is 30.5 Å². The number of ketones is 1. The van der Waals surface area contributed by atoms with Gasteiger partial charge in [-0.1, -0.05) is 12.1 Å². The third-order valence-corrected chi connectivity index (χ3v) is 5.97. The summed E-state index contributed by atoms with van der Waals surface area (Å²) in [5.41, 5.74) is 0.675. The Labute approximate surface area is 184 Å². The Kier molecular flexibility index (Phi) is 6.62. The van der Waals surface area contributed by atoms with Crippen LogP contribution in [0.15, 0.2) is 54.1 Å². The van der Waals surface area contributed by atoms with E-state index in [0.29, 0.717) is 31.7 Å². The second-order valence-electron chi connectivity index (χ2n) is 8.02. The molecule has 0 saturated carbocycles. The van der Waals surface area contributed by atoms with Crippen molar-refractivity contribution >= 4 is 17.4 Å². The summed E-state index contributed by atoms with van der Waals surface area (Å²) in [6, 6.07) is 9.71. The average Bonchev–Trinajstić information content (AvgIpc) is 3.05. The van der Waals surface area contributed by atoms with Crippen molar-refractivity contribution in [2.75, 3.05) is 39.4 Å². The normalized spacial score (nSPS) is 21.3. The number of Topliss-reactive ketones (excluding diaryl/α,β-unsaturated/α-hetero) is 1. The lowest BCUT2D eigenvalue weighted by molar-refractivity contribution is -0.908. The molecule has 0 spiro atoms. The molecule has 32 heavy (non-hydrogen) atoms. The minimum atomic E-state index is -0.847. The van der Waals surface area contributed by atoms with Gasteiger partial charge in [-0.2, -0.15) is 0 Å². The van der Waals surface area contributed by atoms with E-state index in [1.165, 1.54) is 58.3 Å². The minimum absolute atomic E-state index is 0.0769. The molecular weight excluding hydrogens is 418 g/mol. The highest BCUT2D eigenvalue weighted by Crippen LogP contribution is 2.39. The Bertz CT molecular complexity index is 1020. The van der Waals surface area contributed by atoms with Crippen molar-refractivity contribution in [3.8, 4) is 0 Å². The summed E-state index contributed by atoms with van der Waals surface area (Å²) in [5, 5.41) is 10.9. The zero-order valence-corrected chi connectivity index (χ0v) is 17.5. The van der Waals surface area contributed by atoms with Gasteiger partial charge in [0.05, 0.1) is 31.4 Å². The molecule has 6 nitrogen and oxygen atoms in total. The van der Waals surface area contributed by atoms with E-state index in [1.807, 2.05) is 0 Å². The third kappa shape index (κ3) is 4.56. The van der Waals surface area contributed by atoms with Gasteiger partial charge in [-0.05, 0) is 42.0 Å². The van der Waals surface area contributed by atoms with Crippen LogP contribution in [0.1, 0.15) is 23.6 Å². The van der Waals surface area contributed by atoms with Crippen LogP contribution in [0.5, 0.6) is 0 Å². The lowest BCUT2D eigenvalue weighted by Crippen LogP contribution is -3.14. The third-order valence-electron chi connectivity index (χ3n) is 5.97. The van der Waals surface area contributed by atoms with Crippen LogP contribution in [0.4, 0.5) is 8.78 Å². The summed E-state index contributed by atoms with van der Waals surface area (Å²) in [6.45, 7) is 4.33. The van der Waals surface area contributed by atoms with E-state index in [-0.39, 0.29) is 16.9 Å². The molecule has 4 rings (SSSR count). The second kappa shape index (κ2) is 9.58. The van der Waals surface area contributed by atoms with Crippen molar-refractivity contribution in [2.24, 2.45) is 0 Å². The van der Waals surface area contributed by atoms with Crippen LogP contribution in [0.3, 0.4) is 0 Å². The number of amides is 1. The smallest absolute Gasteiger partial charge is 0.295 e. The van der Waals surface area contributed by atoms with Crippen LogP contribution < -0.4 is 4.90 Å². The maximum Gasteiger partial charge on any atom is 0.295 e. The van der Waals surface area contributed by atoms with E-state index in [4.69, 9.17) is 4.74 Å². The number of benzene rings is 2. The number of nitrogens with one attached hydrogen (secondary N) is 1. The van der Waals surface area contributed by atoms with Gasteiger partial charge < -0.3 is 19.6 Å². The molecule has 2 aliphatic rings. The summed E-state index contributed by atoms with van der Waals surface area (Å²) in [7, 11) is 0. The molecule has 0 aliphatic carbocycles. The van der Waals surface area contributed by atoms with Gasteiger partial charge in [-0.15, -0.1) is 0 Å². The number of halogens is 2. The fourth-order valence-electron chi connectivity index (χ4n) is 4.28. The number of morpholine rings is 1. The van der Waals surface area contributed by atoms with Crippen LogP contribution in [0.2, 0.25) is 0 Å². The van der Waals surface area contributed by atoms with Gasteiger partial charge in [-0.25, -0.2) is 8.78 Å². The topological polar surface area (TPSA) is 71.3 Å². The molecule has 0 bridgehead atoms. The number of nitrogens with zero attached hydrogens (tertiary/aromatic N) is 1. The van der Waals surface area contributed by atoms with Crippen molar-refractivity contribution in [3.63, 3.8) is 0 Å². The Morgan fingerprint density at radius 2 is 1.59 bits per heavy atom. The minimum Gasteiger partial charge on any atom is -0.507 e. The number of carbonyl (C=O) groups is 2. The number of likely N-dealkylation sites (tertiary alicyclic amines) is 1. The van der Waals surface area contributed by atoms with E-state index < -0.39 is 29.4 Å². The average molecular weight is 443 g/mol. The highest BCUT2D eigenvalue weighted by atomic mass is 19.1. The molecule has 2 aliphatic heterocycles. The molecular formula is C24H25F2N2O4+. The van der Waals surface area contributed by atoms with Crippen LogP contribution in [0, 0.1) is 11.6 Å². The van der Waals surface area contributed by atoms with Crippen LogP contribution in [-0.2, 0) is 14.3 Å². The highest BCUT2D eigenvalue weighted by Gasteiger charge is 2.45. The summed E-state index contributed by atoms with van der Waals surface area (Å²) >= 11 is 0. The standard InChI is InChI=1S/C24H24F2N2O4/c25-18-6-2-16(3-7-18)21-20(22(29)17-4-8-19(26)9-5-17)23(30)24(31)28(21)11-1-10-27-12-14-32-15-13-27/h2-9,21,29H,1,10-15H2/p+1. The molecule has 2 saturated heterocycles. The SMILES string of the molecule is O=C1C(=O)N(CCC[NH+]2CCOCC2)C(c2ccc(F)cc2)C1=C(O)c1ccc(F)cc1. The van der Waals surface area contributed by atoms with Gasteiger partial charge in [0.15, 0.2) is 0 Å². The lowest BCUT2D eigenvalue weighted by Gasteiger charge is -2.27. The molecule has 2 heterocycles. The van der Waals surface area contributed by atoms with Crippen LogP contribution in [0.25, 0.3) is 5.76 Å². The molecule has 2 aromatic rings. The first kappa shape index (κ1) is 22.1. The van der Waals surface area contributed by atoms with Crippen molar-refractivity contribution in [1.82, 2.24) is 4.90 Å². The van der Waals surface area contributed by atoms with E-state index in [1.54, 1.807) is 0 Å². The second-order valence-corrected chi connectivity index (χ2v) is 8.02. The van der Waals surface area contributed by atoms with E-state index in [2.05, 4.69) is 0 Å². The van der Waals surface area contributed by atoms with E-state index in [0.717, 1.165) is 19.6 Å². The number of rotatable bonds is 6. The molecule has 168 valence electrons. The molecule has 2 fully saturated rings. The molecule has 0 radical (unpaired) electrons. The fraction of sp³-hybridized carbons (Fsp3) is 0.333. The van der Waals surface area contributed by atoms with Crippen molar-refractivity contribution < 1.29 is 33.1 Å². The molecule has 1 amide bonds. The van der Waals surface area contributed by atoms with Crippen molar-refractivity contribution in [1.29, 1.82) is 0 Å². The zero-order chi connectivity index (χ0) is 22.7. The summed E-state index contributed by atoms with van der Waals surface area (Å²) in [5.74, 6) is -2.82. The number of hydrogen-bond acceptors (Lipinski definition) is 4. The molecule has 2 aromatic carbocycles. The molecule has 1 atom stereocenters. The van der Waals surface area contributed by atoms with Crippen molar-refractivity contribution in [2.45, 2.75) is 12.5 Å². The van der Waals surface area contributed by atoms with Crippen LogP contribution in [-0.4, -0.2) is 61.1 Å². The Morgan fingerprint density at radius 3 is 2.22 bits per heavy atom. The molecule has 0 aromatic heterocycles. The Balaban J connectivity index is 1.66. The molecule has 1 unspecified atom stereocenters. The summed E-state index contributed by atoms with van der Waals surface area (Å²) < 4.78 is 32.2. The predicted molar refractivity (Wildman–Crippen MR) is 113 cm³/mol. The Morgan fingerprint density at radius 1 is 1.00 bits per heavy atom. The van der Waals surface area contributed by atoms with Gasteiger partial charge in [-0.3, -0.25) is 9.59 Å². The van der Waals surface area contributed by atoms with Gasteiger partial charge in [0, 0.05) is 18.5 Å². The largest absolute Gasteiger partial charge is 0.507 e. The van der Waals surface area contributed by atoms with Gasteiger partial charge >= 0.3 is 0 Å². The quantitative estimate of drug-likeness (QED) is 0.405. The van der Waals surface area contributed by atoms with Gasteiger partial charge in [0.25, 0.3) is 11.7 Å². The first-order valence-electron chi connectivity index (χ1n) is 10.7. The summed E-state index contributed by atoms with van der Waals surface area (Å²) in [4.78, 5) is 28.7. The first-order chi connectivity index (χ1) is 15.5. The number of ether oxygens (including phenoxy) is 1. The Hall–Kier alpha value is -3.10. The highest BCUT2D eigenvalue weighted by molar-refractivity contribution is 6.46. The maximum absolute atomic E-state index is 13.5. The lowest BCUT2D eigenvalue weighted by atomic mass is 9.95. The molecule has 2 N–H and O–H groups in total. The molecule has 8 heteroatoms. The zero-order valence-electron chi connectivity index (χ0n) is 17.5. The number of aliphatic hydroxyl groups excluding tert-OH is 1. The summed E-state index contributed by atoms with van der Waals surface area (Å²) in [6.07, 6.45) is 0.663.